The van der Waals surface area contributed by atoms with E-state index in [0.29, 0.717) is 0 Å². The molecule has 1 aliphatic heterocycles. The van der Waals surface area contributed by atoms with Gasteiger partial charge in [0, 0.05) is 34.7 Å². The fourth-order valence-electron chi connectivity index (χ4n) is 3.33. The summed E-state index contributed by atoms with van der Waals surface area (Å²) in [4.78, 5) is 3.59. The summed E-state index contributed by atoms with van der Waals surface area (Å²) in [7, 11) is 5.98. The topological polar surface area (TPSA) is 17.4 Å². The monoisotopic (exact) mass is 338 g/mol. The number of rotatable bonds is 4. The summed E-state index contributed by atoms with van der Waals surface area (Å²) in [6, 6.07) is 11.1. The highest BCUT2D eigenvalue weighted by Gasteiger charge is 2.22. The van der Waals surface area contributed by atoms with Crippen LogP contribution in [0.25, 0.3) is 22.0 Å². The predicted molar refractivity (Wildman–Crippen MR) is 102 cm³/mol. The summed E-state index contributed by atoms with van der Waals surface area (Å²) in [5.41, 5.74) is 6.72. The Hall–Kier alpha value is -1.91. The number of aromatic nitrogens is 1. The number of hydrogen-bond donors (Lipinski definition) is 0. The molecule has 4 heteroatoms. The first-order chi connectivity index (χ1) is 11.6. The third-order valence-electron chi connectivity index (χ3n) is 4.73. The first kappa shape index (κ1) is 15.6. The number of fused-ring (bicyclic) bond motifs is 7. The molecular formula is C20H22N2OS. The smallest absolute Gasteiger partial charge is 0.121 e. The summed E-state index contributed by atoms with van der Waals surface area (Å²) in [6.45, 7) is 3.31. The Morgan fingerprint density at radius 2 is 1.96 bits per heavy atom. The Balaban J connectivity index is 1.81. The number of hydrogen-bond acceptors (Lipinski definition) is 3. The summed E-state index contributed by atoms with van der Waals surface area (Å²) in [6.07, 6.45) is 3.34. The van der Waals surface area contributed by atoms with E-state index in [2.05, 4.69) is 60.4 Å². The second-order valence-electron chi connectivity index (χ2n) is 6.67. The van der Waals surface area contributed by atoms with Crippen molar-refractivity contribution >= 4 is 22.9 Å². The van der Waals surface area contributed by atoms with Crippen LogP contribution in [0, 0.1) is 6.92 Å². The van der Waals surface area contributed by atoms with Gasteiger partial charge in [0.25, 0.3) is 0 Å². The molecule has 0 radical (unpaired) electrons. The van der Waals surface area contributed by atoms with Crippen molar-refractivity contribution in [2.75, 3.05) is 27.7 Å². The van der Waals surface area contributed by atoms with Crippen LogP contribution in [0.4, 0.5) is 0 Å². The van der Waals surface area contributed by atoms with Gasteiger partial charge in [-0.25, -0.2) is 0 Å². The highest BCUT2D eigenvalue weighted by atomic mass is 32.2. The van der Waals surface area contributed by atoms with Crippen LogP contribution in [0.5, 0.6) is 5.75 Å². The van der Waals surface area contributed by atoms with Gasteiger partial charge in [-0.2, -0.15) is 0 Å². The molecule has 1 aromatic heterocycles. The van der Waals surface area contributed by atoms with Crippen LogP contribution in [0.15, 0.2) is 41.4 Å². The molecule has 0 unspecified atom stereocenters. The molecule has 0 amide bonds. The third kappa shape index (κ3) is 2.50. The Labute approximate surface area is 147 Å². The molecule has 0 fully saturated rings. The van der Waals surface area contributed by atoms with Gasteiger partial charge in [0.2, 0.25) is 0 Å². The average molecular weight is 338 g/mol. The first-order valence-corrected chi connectivity index (χ1v) is 9.00. The third-order valence-corrected chi connectivity index (χ3v) is 5.77. The van der Waals surface area contributed by atoms with Crippen molar-refractivity contribution in [2.45, 2.75) is 18.2 Å². The Bertz CT molecular complexity index is 927. The lowest BCUT2D eigenvalue weighted by Gasteiger charge is -2.17. The molecule has 3 aromatic rings. The van der Waals surface area contributed by atoms with Gasteiger partial charge >= 0.3 is 0 Å². The van der Waals surface area contributed by atoms with E-state index in [0.717, 1.165) is 18.7 Å². The second kappa shape index (κ2) is 5.87. The number of likely N-dealkylation sites (N-methyl/N-ethyl adjacent to an activating group) is 1. The van der Waals surface area contributed by atoms with E-state index in [4.69, 9.17) is 4.74 Å². The van der Waals surface area contributed by atoms with Crippen LogP contribution in [-0.2, 0) is 6.42 Å². The molecule has 2 aromatic carbocycles. The van der Waals surface area contributed by atoms with Crippen molar-refractivity contribution in [1.82, 2.24) is 8.87 Å². The van der Waals surface area contributed by atoms with Gasteiger partial charge in [0.15, 0.2) is 0 Å². The van der Waals surface area contributed by atoms with E-state index >= 15 is 0 Å². The maximum absolute atomic E-state index is 5.39. The highest BCUT2D eigenvalue weighted by Crippen LogP contribution is 2.46. The average Bonchev–Trinajstić information content (AvgIpc) is 2.87. The van der Waals surface area contributed by atoms with Gasteiger partial charge in [0.1, 0.15) is 5.75 Å². The Morgan fingerprint density at radius 1 is 1.12 bits per heavy atom. The molecule has 2 bridgehead atoms. The highest BCUT2D eigenvalue weighted by molar-refractivity contribution is 7.98. The van der Waals surface area contributed by atoms with Crippen LogP contribution in [-0.4, -0.2) is 36.6 Å². The largest absolute Gasteiger partial charge is 0.497 e. The SMILES string of the molecule is COc1ccc2c3cn(c2c1)Sc1cc(CCN(C)C)c(C)cc1-3. The van der Waals surface area contributed by atoms with Crippen molar-refractivity contribution < 1.29 is 4.74 Å². The molecule has 24 heavy (non-hydrogen) atoms. The van der Waals surface area contributed by atoms with Gasteiger partial charge in [-0.1, -0.05) is 0 Å². The summed E-state index contributed by atoms with van der Waals surface area (Å²) in [5.74, 6) is 0.905. The first-order valence-electron chi connectivity index (χ1n) is 8.23. The van der Waals surface area contributed by atoms with E-state index in [1.54, 1.807) is 19.1 Å². The molecule has 0 saturated carbocycles. The lowest BCUT2D eigenvalue weighted by atomic mass is 9.97. The van der Waals surface area contributed by atoms with Crippen molar-refractivity contribution in [2.24, 2.45) is 0 Å². The molecule has 4 rings (SSSR count). The van der Waals surface area contributed by atoms with Crippen molar-refractivity contribution in [3.63, 3.8) is 0 Å². The van der Waals surface area contributed by atoms with Crippen molar-refractivity contribution in [1.29, 1.82) is 0 Å². The molecule has 0 spiro atoms. The number of benzene rings is 2. The Kier molecular flexibility index (Phi) is 3.82. The minimum absolute atomic E-state index is 0.905. The van der Waals surface area contributed by atoms with Crippen LogP contribution in [0.3, 0.4) is 0 Å². The predicted octanol–water partition coefficient (Wildman–Crippen LogP) is 4.60. The lowest BCUT2D eigenvalue weighted by molar-refractivity contribution is 0.413. The van der Waals surface area contributed by atoms with E-state index in [1.807, 2.05) is 6.07 Å². The van der Waals surface area contributed by atoms with Gasteiger partial charge in [0.05, 0.1) is 12.6 Å². The van der Waals surface area contributed by atoms with Gasteiger partial charge in [-0.15, -0.1) is 0 Å². The van der Waals surface area contributed by atoms with Crippen LogP contribution < -0.4 is 4.74 Å². The van der Waals surface area contributed by atoms with Crippen molar-refractivity contribution in [3.8, 4) is 16.9 Å². The Morgan fingerprint density at radius 3 is 2.71 bits per heavy atom. The second-order valence-corrected chi connectivity index (χ2v) is 7.69. The minimum atomic E-state index is 0.905. The maximum atomic E-state index is 5.39. The zero-order chi connectivity index (χ0) is 16.8. The van der Waals surface area contributed by atoms with E-state index in [1.165, 1.54) is 38.1 Å². The van der Waals surface area contributed by atoms with Gasteiger partial charge in [-0.05, 0) is 80.3 Å². The molecule has 1 aliphatic rings. The maximum Gasteiger partial charge on any atom is 0.121 e. The molecule has 2 heterocycles. The van der Waals surface area contributed by atoms with Gasteiger partial charge in [-0.3, -0.25) is 3.97 Å². The van der Waals surface area contributed by atoms with Crippen molar-refractivity contribution in [3.05, 3.63) is 47.7 Å². The van der Waals surface area contributed by atoms with E-state index in [9.17, 15) is 0 Å². The number of nitrogens with zero attached hydrogens (tertiary/aromatic N) is 2. The van der Waals surface area contributed by atoms with Crippen LogP contribution in [0.1, 0.15) is 11.1 Å². The zero-order valence-corrected chi connectivity index (χ0v) is 15.4. The molecule has 0 N–H and O–H groups in total. The molecule has 0 saturated heterocycles. The summed E-state index contributed by atoms with van der Waals surface area (Å²) >= 11 is 1.81. The normalized spacial score (nSPS) is 12.7. The fraction of sp³-hybridized carbons (Fsp3) is 0.300. The lowest BCUT2D eigenvalue weighted by Crippen LogP contribution is -2.15. The van der Waals surface area contributed by atoms with E-state index in [-0.39, 0.29) is 0 Å². The van der Waals surface area contributed by atoms with Crippen LogP contribution >= 0.6 is 11.9 Å². The zero-order valence-electron chi connectivity index (χ0n) is 14.6. The minimum Gasteiger partial charge on any atom is -0.497 e. The quantitative estimate of drug-likeness (QED) is 0.541. The molecule has 124 valence electrons. The van der Waals surface area contributed by atoms with Crippen LogP contribution in [0.2, 0.25) is 0 Å². The fourth-order valence-corrected chi connectivity index (χ4v) is 4.41. The molecular weight excluding hydrogens is 316 g/mol. The molecule has 0 atom stereocenters. The summed E-state index contributed by atoms with van der Waals surface area (Å²) < 4.78 is 7.66. The number of aryl methyl sites for hydroxylation is 1. The number of ether oxygens (including phenoxy) is 1. The number of methoxy groups -OCH3 is 1. The molecule has 0 aliphatic carbocycles. The molecule has 3 nitrogen and oxygen atoms in total. The summed E-state index contributed by atoms with van der Waals surface area (Å²) in [5, 5.41) is 1.29. The van der Waals surface area contributed by atoms with Gasteiger partial charge < -0.3 is 9.64 Å². The standard InChI is InChI=1S/C20H22N2OS/c1-13-9-17-18-12-22(19-11-15(23-4)5-6-16(18)19)24-20(17)10-14(13)7-8-21(2)3/h5-6,9-12H,7-8H2,1-4H3. The van der Waals surface area contributed by atoms with E-state index < -0.39 is 0 Å².